The van der Waals surface area contributed by atoms with Crippen LogP contribution in [0, 0.1) is 69.2 Å². The van der Waals surface area contributed by atoms with Gasteiger partial charge in [0.1, 0.15) is 28.9 Å². The number of H-pyrrole nitrogens is 3. The molecule has 5 aromatic carbocycles. The molecule has 2 aliphatic heterocycles. The summed E-state index contributed by atoms with van der Waals surface area (Å²) in [5.41, 5.74) is 11.5. The Bertz CT molecular complexity index is 4350. The van der Waals surface area contributed by atoms with Crippen LogP contribution in [0.2, 0.25) is 0 Å². The molecule has 13 heterocycles. The summed E-state index contributed by atoms with van der Waals surface area (Å²) in [7, 11) is 1.89. The Balaban J connectivity index is 0.000000172. The molecule has 4 N–H and O–H groups in total. The van der Waals surface area contributed by atoms with Crippen molar-refractivity contribution in [2.24, 2.45) is 12.0 Å². The van der Waals surface area contributed by atoms with E-state index in [-0.39, 0.29) is 0 Å². The fourth-order valence-corrected chi connectivity index (χ4v) is 11.3. The van der Waals surface area contributed by atoms with Crippen LogP contribution in [0.1, 0.15) is 69.0 Å². The average Bonchev–Trinajstić information content (AvgIpc) is 0.953. The second-order valence-electron chi connectivity index (χ2n) is 22.2. The zero-order valence-corrected chi connectivity index (χ0v) is 62.3. The van der Waals surface area contributed by atoms with Crippen molar-refractivity contribution in [2.45, 2.75) is 83.1 Å². The number of aryl methyl sites for hydroxylation is 11. The van der Waals surface area contributed by atoms with Gasteiger partial charge in [0.2, 0.25) is 0 Å². The van der Waals surface area contributed by atoms with Crippen LogP contribution < -0.4 is 5.32 Å². The third-order valence-electron chi connectivity index (χ3n) is 13.6. The van der Waals surface area contributed by atoms with Crippen LogP contribution in [0.15, 0.2) is 275 Å². The number of furan rings is 1. The zero-order valence-electron chi connectivity index (χ0n) is 59.0. The molecule has 0 atom stereocenters. The number of allylic oxidation sites excluding steroid dienone is 2. The summed E-state index contributed by atoms with van der Waals surface area (Å²) in [6.07, 6.45) is 26.8. The number of imidazole rings is 1. The van der Waals surface area contributed by atoms with Gasteiger partial charge in [-0.15, -0.1) is 34.4 Å². The third-order valence-corrected chi connectivity index (χ3v) is 17.2. The zero-order chi connectivity index (χ0) is 71.5. The second-order valence-corrected chi connectivity index (χ2v) is 26.6. The molecular weight excluding hydrogens is 1320 g/mol. The molecule has 0 fully saturated rings. The lowest BCUT2D eigenvalue weighted by atomic mass is 10.1. The van der Waals surface area contributed by atoms with Crippen LogP contribution in [-0.4, -0.2) is 83.1 Å². The van der Waals surface area contributed by atoms with Gasteiger partial charge in [-0.2, -0.15) is 19.7 Å². The fourth-order valence-electron chi connectivity index (χ4n) is 8.50. The van der Waals surface area contributed by atoms with E-state index in [9.17, 15) is 0 Å². The van der Waals surface area contributed by atoms with Crippen molar-refractivity contribution in [1.82, 2.24) is 69.8 Å². The Hall–Kier alpha value is -10.7. The lowest BCUT2D eigenvalue weighted by Crippen LogP contribution is -1.93. The van der Waals surface area contributed by atoms with E-state index in [1.54, 1.807) is 48.4 Å². The van der Waals surface area contributed by atoms with E-state index in [0.717, 1.165) is 57.1 Å². The highest BCUT2D eigenvalue weighted by Gasteiger charge is 1.99. The van der Waals surface area contributed by atoms with Gasteiger partial charge in [-0.05, 0) is 204 Å². The number of aromatic nitrogens is 13. The van der Waals surface area contributed by atoms with Crippen molar-refractivity contribution in [1.29, 1.82) is 0 Å². The first kappa shape index (κ1) is 78.3. The minimum atomic E-state index is 0.895. The molecule has 516 valence electrons. The van der Waals surface area contributed by atoms with Gasteiger partial charge >= 0.3 is 0 Å². The van der Waals surface area contributed by atoms with Gasteiger partial charge in [0, 0.05) is 117 Å². The Kier molecular flexibility index (Phi) is 35.2. The predicted octanol–water partition coefficient (Wildman–Crippen LogP) is 20.8. The molecule has 0 spiro atoms. The number of thiophene rings is 2. The maximum Gasteiger partial charge on any atom is 0.180 e. The number of pyridine rings is 2. The molecule has 0 bridgehead atoms. The van der Waals surface area contributed by atoms with Gasteiger partial charge in [-0.3, -0.25) is 29.8 Å². The van der Waals surface area contributed by atoms with E-state index < -0.39 is 0 Å². The molecule has 16 aromatic rings. The number of hydrogen-bond acceptors (Lipinski definition) is 17. The summed E-state index contributed by atoms with van der Waals surface area (Å²) in [6, 6.07) is 53.4. The van der Waals surface area contributed by atoms with E-state index in [0.29, 0.717) is 0 Å². The lowest BCUT2D eigenvalue weighted by Gasteiger charge is -1.98. The number of thioether (sulfide) groups is 1. The average molecular weight is 1410 g/mol. The molecule has 0 aliphatic carbocycles. The van der Waals surface area contributed by atoms with Crippen molar-refractivity contribution >= 4 is 105 Å². The number of para-hydroxylation sites is 2. The number of nitrogens with one attached hydrogen (secondary N) is 4. The maximum atomic E-state index is 5.37. The SMILES string of the molecule is CC1=CCN=C1.CC1=CNCS1.Cc1cc2ccccc2o1.Cc1cc2ccccc2s1.Cc1ccn[nH]1.Cc1ccn[nH]1.Cc1ccnc2ccccc12.Cc1cnc[nH]1.Cc1cncc2ccccc12.Cc1cocn1.Cc1csc2ccccc12.Cc1ncns1.Cn1cccn1. The minimum Gasteiger partial charge on any atom is -0.461 e. The van der Waals surface area contributed by atoms with Crippen LogP contribution in [-0.2, 0) is 7.05 Å². The number of aromatic amines is 3. The number of benzene rings is 5. The van der Waals surface area contributed by atoms with E-state index >= 15 is 0 Å². The Labute approximate surface area is 603 Å². The highest BCUT2D eigenvalue weighted by molar-refractivity contribution is 8.03. The highest BCUT2D eigenvalue weighted by Crippen LogP contribution is 2.25. The lowest BCUT2D eigenvalue weighted by molar-refractivity contribution is 0.557. The summed E-state index contributed by atoms with van der Waals surface area (Å²) in [6.45, 7) is 25.2. The normalized spacial score (nSPS) is 10.9. The first-order valence-electron chi connectivity index (χ1n) is 32.0. The van der Waals surface area contributed by atoms with Crippen molar-refractivity contribution < 1.29 is 8.83 Å². The van der Waals surface area contributed by atoms with Gasteiger partial charge in [0.25, 0.3) is 0 Å². The predicted molar refractivity (Wildman–Crippen MR) is 423 cm³/mol. The van der Waals surface area contributed by atoms with Crippen LogP contribution in [0.3, 0.4) is 0 Å². The maximum absolute atomic E-state index is 5.37. The van der Waals surface area contributed by atoms with Gasteiger partial charge in [0.15, 0.2) is 6.39 Å². The molecule has 11 aromatic heterocycles. The Morgan fingerprint density at radius 1 is 0.560 bits per heavy atom. The topological polar surface area (TPSA) is 219 Å². The quantitative estimate of drug-likeness (QED) is 0.111. The van der Waals surface area contributed by atoms with Crippen molar-refractivity contribution in [3.05, 3.63) is 316 Å². The molecular formula is C79H89N15O2S4. The van der Waals surface area contributed by atoms with E-state index in [1.807, 2.05) is 199 Å². The number of fused-ring (bicyclic) bond motifs is 5. The van der Waals surface area contributed by atoms with Crippen molar-refractivity contribution in [2.75, 3.05) is 12.4 Å². The summed E-state index contributed by atoms with van der Waals surface area (Å²) >= 11 is 6.93. The summed E-state index contributed by atoms with van der Waals surface area (Å²) in [4.78, 5) is 29.3. The summed E-state index contributed by atoms with van der Waals surface area (Å²) in [5, 5.41) is 30.7. The number of oxazole rings is 1. The first-order chi connectivity index (χ1) is 48.5. The molecule has 100 heavy (non-hydrogen) atoms. The fraction of sp³-hybridized carbons (Fsp3) is 0.190. The van der Waals surface area contributed by atoms with Crippen molar-refractivity contribution in [3.8, 4) is 0 Å². The van der Waals surface area contributed by atoms with Crippen LogP contribution in [0.25, 0.3) is 52.8 Å². The molecule has 2 aliphatic rings. The molecule has 21 heteroatoms. The summed E-state index contributed by atoms with van der Waals surface area (Å²) < 4.78 is 18.3. The van der Waals surface area contributed by atoms with Crippen molar-refractivity contribution in [3.63, 3.8) is 0 Å². The van der Waals surface area contributed by atoms with Gasteiger partial charge in [-0.1, -0.05) is 103 Å². The molecule has 0 saturated carbocycles. The van der Waals surface area contributed by atoms with Crippen LogP contribution >= 0.6 is 46.0 Å². The standard InChI is InChI=1S/2C10H9N.C9H8O.2C9H8S.C5H7N.4C4H6N2.C4H5NO.C4H7NS.C3H4N2S/c1-8-6-11-7-9-4-2-3-5-10(8)9;1-8-6-7-11-10-5-3-2-4-9(8)10;1-7-6-8-4-2-3-5-9(8)10-7;1-7-6-10-9-5-3-2-4-8(7)9;1-7-6-8-4-2-3-5-9(8)10-7;1-5-2-3-6-4-5;1-4-2-5-3-6-4;1-6-4-2-3-5-6;2*1-4-2-3-5-6-4;1-4-2-6-3-5-4;1-4-2-5-3-6-4;1-3-4-2-5-6-3/h2*2-7H,1H3;3*2-6H,1H3;2,4H,3H2,1H3;2-3H,1H3,(H,5,6);2-4H,1H3;2*2-3H,1H3,(H,5,6);2-3H,1H3;2,5H,3H2,1H3;2H,1H3. The van der Waals surface area contributed by atoms with Crippen LogP contribution in [0.4, 0.5) is 0 Å². The Morgan fingerprint density at radius 3 is 1.68 bits per heavy atom. The highest BCUT2D eigenvalue weighted by atomic mass is 32.2. The van der Waals surface area contributed by atoms with Gasteiger partial charge in [-0.25, -0.2) is 15.0 Å². The number of hydrogen-bond donors (Lipinski definition) is 4. The molecule has 0 radical (unpaired) electrons. The van der Waals surface area contributed by atoms with Gasteiger partial charge in [0.05, 0.1) is 30.0 Å². The Morgan fingerprint density at radius 2 is 1.24 bits per heavy atom. The number of nitrogens with zero attached hydrogens (tertiary/aromatic N) is 11. The van der Waals surface area contributed by atoms with E-state index in [4.69, 9.17) is 4.42 Å². The van der Waals surface area contributed by atoms with Gasteiger partial charge < -0.3 is 19.1 Å². The van der Waals surface area contributed by atoms with E-state index in [1.165, 1.54) is 91.7 Å². The second kappa shape index (κ2) is 45.0. The minimum absolute atomic E-state index is 0.895. The molecule has 0 unspecified atom stereocenters. The number of rotatable bonds is 0. The smallest absolute Gasteiger partial charge is 0.180 e. The monoisotopic (exact) mass is 1410 g/mol. The molecule has 18 rings (SSSR count). The molecule has 0 saturated heterocycles. The third kappa shape index (κ3) is 30.8. The van der Waals surface area contributed by atoms with E-state index in [2.05, 4.69) is 206 Å². The molecule has 0 amide bonds. The van der Waals surface area contributed by atoms with Crippen LogP contribution in [0.5, 0.6) is 0 Å². The first-order valence-corrected chi connectivity index (χ1v) is 35.5. The molecule has 17 nitrogen and oxygen atoms in total. The largest absolute Gasteiger partial charge is 0.461 e. The summed E-state index contributed by atoms with van der Waals surface area (Å²) in [5.74, 6) is 2.03. The number of aliphatic imine (C=N–C) groups is 1.